The summed E-state index contributed by atoms with van der Waals surface area (Å²) in [6.07, 6.45) is 2.43. The monoisotopic (exact) mass is 298 g/mol. The lowest BCUT2D eigenvalue weighted by molar-refractivity contribution is -0.141. The van der Waals surface area contributed by atoms with Crippen LogP contribution in [-0.2, 0) is 12.6 Å². The first kappa shape index (κ1) is 17.4. The van der Waals surface area contributed by atoms with Gasteiger partial charge in [0, 0.05) is 12.7 Å². The van der Waals surface area contributed by atoms with Gasteiger partial charge in [0.05, 0.1) is 0 Å². The van der Waals surface area contributed by atoms with Gasteiger partial charge in [-0.05, 0) is 43.0 Å². The normalized spacial score (nSPS) is 14.0. The van der Waals surface area contributed by atoms with Gasteiger partial charge in [-0.3, -0.25) is 4.98 Å². The Labute approximate surface area is 123 Å². The van der Waals surface area contributed by atoms with Crippen LogP contribution in [0, 0.1) is 5.92 Å². The van der Waals surface area contributed by atoms with Gasteiger partial charge < -0.3 is 5.32 Å². The van der Waals surface area contributed by atoms with Crippen molar-refractivity contribution in [1.29, 1.82) is 0 Å². The van der Waals surface area contributed by atoms with Crippen LogP contribution in [0.2, 0.25) is 0 Å². The summed E-state index contributed by atoms with van der Waals surface area (Å²) in [7, 11) is 1.87. The Bertz CT molecular complexity index is 475. The highest BCUT2D eigenvalue weighted by Crippen LogP contribution is 2.27. The minimum atomic E-state index is -4.37. The third-order valence-corrected chi connectivity index (χ3v) is 3.15. The molecule has 21 heavy (non-hydrogen) atoms. The van der Waals surface area contributed by atoms with E-state index in [2.05, 4.69) is 29.9 Å². The van der Waals surface area contributed by atoms with Crippen molar-refractivity contribution < 1.29 is 13.2 Å². The number of pyridine rings is 1. The lowest BCUT2D eigenvalue weighted by Gasteiger charge is -2.10. The molecule has 0 aliphatic heterocycles. The molecule has 0 aromatic carbocycles. The van der Waals surface area contributed by atoms with E-state index in [1.54, 1.807) is 0 Å². The molecular weight excluding hydrogens is 277 g/mol. The summed E-state index contributed by atoms with van der Waals surface area (Å²) in [5.41, 5.74) is 1.09. The number of nitrogens with one attached hydrogen (secondary N) is 1. The molecule has 0 aliphatic rings. The zero-order valence-corrected chi connectivity index (χ0v) is 12.4. The second-order valence-corrected chi connectivity index (χ2v) is 5.04. The van der Waals surface area contributed by atoms with Crippen molar-refractivity contribution in [2.45, 2.75) is 25.9 Å². The predicted octanol–water partition coefficient (Wildman–Crippen LogP) is 4.00. The zero-order valence-electron chi connectivity index (χ0n) is 12.4. The van der Waals surface area contributed by atoms with E-state index in [0.717, 1.165) is 30.2 Å². The summed E-state index contributed by atoms with van der Waals surface area (Å²) in [5.74, 6) is 0.327. The van der Waals surface area contributed by atoms with Crippen LogP contribution >= 0.6 is 0 Å². The van der Waals surface area contributed by atoms with Crippen LogP contribution in [0.15, 0.2) is 42.6 Å². The molecule has 1 heterocycles. The van der Waals surface area contributed by atoms with Gasteiger partial charge in [-0.25, -0.2) is 0 Å². The number of halogens is 3. The first-order valence-corrected chi connectivity index (χ1v) is 6.86. The number of alkyl halides is 3. The highest BCUT2D eigenvalue weighted by atomic mass is 19.4. The standard InChI is InChI=1S/C16H21F3N2/c1-4-13(10-20-3)9-12(2)5-6-14-7-8-15(21-11-14)16(17,18)19/h4,7-9,11-12,20H,1,5-6,10H2,2-3H3/b13-9+. The van der Waals surface area contributed by atoms with Crippen LogP contribution in [0.5, 0.6) is 0 Å². The Kier molecular flexibility index (Phi) is 6.62. The van der Waals surface area contributed by atoms with Crippen molar-refractivity contribution in [2.24, 2.45) is 5.92 Å². The van der Waals surface area contributed by atoms with Crippen LogP contribution in [-0.4, -0.2) is 18.6 Å². The van der Waals surface area contributed by atoms with E-state index >= 15 is 0 Å². The SMILES string of the molecule is C=C/C(=C\C(C)CCc1ccc(C(F)(F)F)nc1)CNC. The molecule has 1 aromatic heterocycles. The Morgan fingerprint density at radius 1 is 1.43 bits per heavy atom. The van der Waals surface area contributed by atoms with Gasteiger partial charge in [0.25, 0.3) is 0 Å². The van der Waals surface area contributed by atoms with E-state index in [1.807, 2.05) is 13.1 Å². The van der Waals surface area contributed by atoms with Crippen LogP contribution < -0.4 is 5.32 Å². The molecule has 0 saturated heterocycles. The fraction of sp³-hybridized carbons (Fsp3) is 0.438. The summed E-state index contributed by atoms with van der Waals surface area (Å²) in [4.78, 5) is 3.47. The van der Waals surface area contributed by atoms with Gasteiger partial charge >= 0.3 is 6.18 Å². The van der Waals surface area contributed by atoms with Gasteiger partial charge in [0.2, 0.25) is 0 Å². The first-order valence-electron chi connectivity index (χ1n) is 6.86. The van der Waals surface area contributed by atoms with Crippen LogP contribution in [0.3, 0.4) is 0 Å². The number of rotatable bonds is 7. The molecule has 0 spiro atoms. The van der Waals surface area contributed by atoms with Gasteiger partial charge in [-0.2, -0.15) is 13.2 Å². The lowest BCUT2D eigenvalue weighted by atomic mass is 9.99. The maximum atomic E-state index is 12.4. The molecule has 0 fully saturated rings. The second kappa shape index (κ2) is 7.98. The van der Waals surface area contributed by atoms with E-state index in [9.17, 15) is 13.2 Å². The molecule has 1 aromatic rings. The first-order chi connectivity index (χ1) is 9.86. The minimum Gasteiger partial charge on any atom is -0.316 e. The summed E-state index contributed by atoms with van der Waals surface area (Å²) in [5, 5.41) is 3.06. The smallest absolute Gasteiger partial charge is 0.316 e. The highest BCUT2D eigenvalue weighted by Gasteiger charge is 2.31. The molecule has 0 saturated carbocycles. The van der Waals surface area contributed by atoms with Crippen molar-refractivity contribution >= 4 is 0 Å². The van der Waals surface area contributed by atoms with Gasteiger partial charge in [0.15, 0.2) is 0 Å². The predicted molar refractivity (Wildman–Crippen MR) is 78.9 cm³/mol. The molecule has 1 rings (SSSR count). The number of hydrogen-bond donors (Lipinski definition) is 1. The van der Waals surface area contributed by atoms with Crippen LogP contribution in [0.25, 0.3) is 0 Å². The van der Waals surface area contributed by atoms with E-state index in [4.69, 9.17) is 0 Å². The largest absolute Gasteiger partial charge is 0.433 e. The van der Waals surface area contributed by atoms with Crippen LogP contribution in [0.1, 0.15) is 24.6 Å². The highest BCUT2D eigenvalue weighted by molar-refractivity contribution is 5.19. The average Bonchev–Trinajstić information content (AvgIpc) is 2.44. The Morgan fingerprint density at radius 3 is 2.62 bits per heavy atom. The molecule has 1 N–H and O–H groups in total. The third-order valence-electron chi connectivity index (χ3n) is 3.15. The van der Waals surface area contributed by atoms with E-state index < -0.39 is 11.9 Å². The topological polar surface area (TPSA) is 24.9 Å². The molecule has 0 aliphatic carbocycles. The quantitative estimate of drug-likeness (QED) is 0.770. The number of allylic oxidation sites excluding steroid dienone is 1. The molecule has 0 radical (unpaired) electrons. The summed E-state index contributed by atoms with van der Waals surface area (Å²) >= 11 is 0. The number of aromatic nitrogens is 1. The fourth-order valence-corrected chi connectivity index (χ4v) is 1.99. The van der Waals surface area contributed by atoms with Crippen molar-refractivity contribution in [2.75, 3.05) is 13.6 Å². The van der Waals surface area contributed by atoms with Gasteiger partial charge in [-0.15, -0.1) is 0 Å². The number of hydrogen-bond acceptors (Lipinski definition) is 2. The van der Waals surface area contributed by atoms with Crippen molar-refractivity contribution in [3.63, 3.8) is 0 Å². The van der Waals surface area contributed by atoms with Crippen molar-refractivity contribution in [3.8, 4) is 0 Å². The zero-order chi connectivity index (χ0) is 15.9. The minimum absolute atomic E-state index is 0.327. The summed E-state index contributed by atoms with van der Waals surface area (Å²) in [6, 6.07) is 2.53. The van der Waals surface area contributed by atoms with E-state index in [0.29, 0.717) is 12.3 Å². The average molecular weight is 298 g/mol. The van der Waals surface area contributed by atoms with Crippen molar-refractivity contribution in [1.82, 2.24) is 10.3 Å². The number of aryl methyl sites for hydroxylation is 1. The van der Waals surface area contributed by atoms with Crippen LogP contribution in [0.4, 0.5) is 13.2 Å². The number of likely N-dealkylation sites (N-methyl/N-ethyl adjacent to an activating group) is 1. The fourth-order valence-electron chi connectivity index (χ4n) is 1.99. The Balaban J connectivity index is 2.57. The lowest BCUT2D eigenvalue weighted by Crippen LogP contribution is -2.10. The molecule has 0 amide bonds. The summed E-state index contributed by atoms with van der Waals surface area (Å²) < 4.78 is 37.2. The second-order valence-electron chi connectivity index (χ2n) is 5.04. The van der Waals surface area contributed by atoms with Crippen molar-refractivity contribution in [3.05, 3.63) is 53.9 Å². The number of nitrogens with zero attached hydrogens (tertiary/aromatic N) is 1. The van der Waals surface area contributed by atoms with E-state index in [-0.39, 0.29) is 0 Å². The molecule has 116 valence electrons. The molecule has 1 unspecified atom stereocenters. The maximum Gasteiger partial charge on any atom is 0.433 e. The van der Waals surface area contributed by atoms with Gasteiger partial charge in [-0.1, -0.05) is 31.7 Å². The van der Waals surface area contributed by atoms with E-state index in [1.165, 1.54) is 12.3 Å². The van der Waals surface area contributed by atoms with Gasteiger partial charge in [0.1, 0.15) is 5.69 Å². The molecule has 0 bridgehead atoms. The molecule has 2 nitrogen and oxygen atoms in total. The maximum absolute atomic E-state index is 12.4. The third kappa shape index (κ3) is 6.12. The molecule has 1 atom stereocenters. The molecular formula is C16H21F3N2. The Hall–Kier alpha value is -1.62. The Morgan fingerprint density at radius 2 is 2.14 bits per heavy atom. The summed E-state index contributed by atoms with van der Waals surface area (Å²) in [6.45, 7) is 6.60. The molecule has 5 heteroatoms.